The van der Waals surface area contributed by atoms with Crippen molar-refractivity contribution in [3.05, 3.63) is 47.8 Å². The minimum absolute atomic E-state index is 0.105. The second-order valence-corrected chi connectivity index (χ2v) is 8.06. The summed E-state index contributed by atoms with van der Waals surface area (Å²) in [7, 11) is 0. The number of pyridine rings is 1. The molecule has 1 atom stereocenters. The highest BCUT2D eigenvalue weighted by Gasteiger charge is 2.35. The van der Waals surface area contributed by atoms with Crippen LogP contribution in [0.25, 0.3) is 0 Å². The molecular weight excluding hydrogens is 338 g/mol. The van der Waals surface area contributed by atoms with Gasteiger partial charge in [-0.2, -0.15) is 0 Å². The molecule has 1 amide bonds. The van der Waals surface area contributed by atoms with Crippen LogP contribution in [0, 0.1) is 5.92 Å². The molecule has 0 radical (unpaired) electrons. The Morgan fingerprint density at radius 2 is 1.96 bits per heavy atom. The lowest BCUT2D eigenvalue weighted by molar-refractivity contribution is -0.134. The van der Waals surface area contributed by atoms with Crippen molar-refractivity contribution in [3.63, 3.8) is 0 Å². The largest absolute Gasteiger partial charge is 0.348 e. The van der Waals surface area contributed by atoms with Gasteiger partial charge in [-0.05, 0) is 63.4 Å². The Bertz CT molecular complexity index is 764. The van der Waals surface area contributed by atoms with E-state index in [-0.39, 0.29) is 11.9 Å². The van der Waals surface area contributed by atoms with Gasteiger partial charge in [-0.25, -0.2) is 4.98 Å². The summed E-state index contributed by atoms with van der Waals surface area (Å²) in [5.74, 6) is 0.750. The smallest absolute Gasteiger partial charge is 0.223 e. The van der Waals surface area contributed by atoms with Gasteiger partial charge in [0.2, 0.25) is 5.91 Å². The predicted molar refractivity (Wildman–Crippen MR) is 104 cm³/mol. The molecular formula is C21H29N5O. The molecule has 2 aromatic rings. The summed E-state index contributed by atoms with van der Waals surface area (Å²) in [5.41, 5.74) is 3.21. The van der Waals surface area contributed by atoms with E-state index in [0.717, 1.165) is 55.8 Å². The van der Waals surface area contributed by atoms with E-state index in [4.69, 9.17) is 0 Å². The molecule has 0 aliphatic carbocycles. The first-order valence-corrected chi connectivity index (χ1v) is 10.1. The van der Waals surface area contributed by atoms with E-state index in [9.17, 15) is 4.79 Å². The summed E-state index contributed by atoms with van der Waals surface area (Å²) in [6.07, 6.45) is 9.05. The van der Waals surface area contributed by atoms with Crippen molar-refractivity contribution < 1.29 is 4.79 Å². The molecule has 2 aliphatic heterocycles. The SMILES string of the molecule is CC(C)N1CCC(CC(=O)N2CCc3[nH]cnc3C2c2ccncc2)CC1. The van der Waals surface area contributed by atoms with Crippen LogP contribution in [0.5, 0.6) is 0 Å². The van der Waals surface area contributed by atoms with Crippen LogP contribution in [0.15, 0.2) is 30.9 Å². The molecule has 1 saturated heterocycles. The lowest BCUT2D eigenvalue weighted by atomic mass is 9.90. The van der Waals surface area contributed by atoms with Crippen molar-refractivity contribution in [2.75, 3.05) is 19.6 Å². The highest BCUT2D eigenvalue weighted by Crippen LogP contribution is 2.34. The van der Waals surface area contributed by atoms with Gasteiger partial charge in [0.1, 0.15) is 6.04 Å². The van der Waals surface area contributed by atoms with Crippen LogP contribution < -0.4 is 0 Å². The highest BCUT2D eigenvalue weighted by molar-refractivity contribution is 5.78. The minimum Gasteiger partial charge on any atom is -0.348 e. The maximum atomic E-state index is 13.3. The highest BCUT2D eigenvalue weighted by atomic mass is 16.2. The van der Waals surface area contributed by atoms with Crippen LogP contribution in [0.4, 0.5) is 0 Å². The molecule has 0 spiro atoms. The molecule has 144 valence electrons. The Morgan fingerprint density at radius 1 is 1.22 bits per heavy atom. The number of rotatable bonds is 4. The predicted octanol–water partition coefficient (Wildman–Crippen LogP) is 2.79. The number of hydrogen-bond donors (Lipinski definition) is 1. The lowest BCUT2D eigenvalue weighted by Crippen LogP contribution is -2.43. The van der Waals surface area contributed by atoms with E-state index < -0.39 is 0 Å². The molecule has 2 aromatic heterocycles. The van der Waals surface area contributed by atoms with Gasteiger partial charge in [-0.1, -0.05) is 0 Å². The van der Waals surface area contributed by atoms with Crippen molar-refractivity contribution in [1.29, 1.82) is 0 Å². The molecule has 0 bridgehead atoms. The lowest BCUT2D eigenvalue weighted by Gasteiger charge is -2.38. The third kappa shape index (κ3) is 3.76. The van der Waals surface area contributed by atoms with Crippen LogP contribution >= 0.6 is 0 Å². The number of nitrogens with zero attached hydrogens (tertiary/aromatic N) is 4. The van der Waals surface area contributed by atoms with Crippen LogP contribution in [0.2, 0.25) is 0 Å². The van der Waals surface area contributed by atoms with Crippen molar-refractivity contribution in [2.45, 2.75) is 51.6 Å². The number of carbonyl (C=O) groups excluding carboxylic acids is 1. The van der Waals surface area contributed by atoms with Crippen LogP contribution in [0.1, 0.15) is 56.1 Å². The van der Waals surface area contributed by atoms with Crippen LogP contribution in [-0.4, -0.2) is 56.3 Å². The van der Waals surface area contributed by atoms with Crippen LogP contribution in [0.3, 0.4) is 0 Å². The number of likely N-dealkylation sites (tertiary alicyclic amines) is 1. The number of aromatic nitrogens is 3. The van der Waals surface area contributed by atoms with E-state index >= 15 is 0 Å². The van der Waals surface area contributed by atoms with Gasteiger partial charge in [0.25, 0.3) is 0 Å². The first-order valence-electron chi connectivity index (χ1n) is 10.1. The average Bonchev–Trinajstić information content (AvgIpc) is 3.17. The van der Waals surface area contributed by atoms with Crippen molar-refractivity contribution >= 4 is 5.91 Å². The molecule has 0 saturated carbocycles. The first kappa shape index (κ1) is 18.2. The van der Waals surface area contributed by atoms with Gasteiger partial charge in [0.15, 0.2) is 0 Å². The average molecular weight is 367 g/mol. The minimum atomic E-state index is -0.105. The number of H-pyrrole nitrogens is 1. The van der Waals surface area contributed by atoms with Gasteiger partial charge in [-0.15, -0.1) is 0 Å². The Labute approximate surface area is 161 Å². The van der Waals surface area contributed by atoms with Crippen molar-refractivity contribution in [1.82, 2.24) is 24.8 Å². The summed E-state index contributed by atoms with van der Waals surface area (Å²) in [6, 6.07) is 4.48. The van der Waals surface area contributed by atoms with Gasteiger partial charge >= 0.3 is 0 Å². The van der Waals surface area contributed by atoms with Gasteiger partial charge in [-0.3, -0.25) is 9.78 Å². The first-order chi connectivity index (χ1) is 13.1. The summed E-state index contributed by atoms with van der Waals surface area (Å²) < 4.78 is 0. The molecule has 1 N–H and O–H groups in total. The fourth-order valence-corrected chi connectivity index (χ4v) is 4.47. The van der Waals surface area contributed by atoms with E-state index in [0.29, 0.717) is 18.4 Å². The summed E-state index contributed by atoms with van der Waals surface area (Å²) in [5, 5.41) is 0. The molecule has 1 fully saturated rings. The molecule has 6 nitrogen and oxygen atoms in total. The van der Waals surface area contributed by atoms with Gasteiger partial charge < -0.3 is 14.8 Å². The maximum absolute atomic E-state index is 13.3. The topological polar surface area (TPSA) is 65.1 Å². The number of carbonyl (C=O) groups is 1. The molecule has 6 heteroatoms. The fourth-order valence-electron chi connectivity index (χ4n) is 4.47. The Morgan fingerprint density at radius 3 is 2.67 bits per heavy atom. The number of fused-ring (bicyclic) bond motifs is 1. The number of hydrogen-bond acceptors (Lipinski definition) is 4. The van der Waals surface area contributed by atoms with E-state index in [2.05, 4.69) is 33.7 Å². The Hall–Kier alpha value is -2.21. The van der Waals surface area contributed by atoms with Crippen molar-refractivity contribution in [2.24, 2.45) is 5.92 Å². The third-order valence-electron chi connectivity index (χ3n) is 6.11. The zero-order chi connectivity index (χ0) is 18.8. The zero-order valence-corrected chi connectivity index (χ0v) is 16.3. The fraction of sp³-hybridized carbons (Fsp3) is 0.571. The number of aromatic amines is 1. The van der Waals surface area contributed by atoms with Crippen molar-refractivity contribution in [3.8, 4) is 0 Å². The molecule has 27 heavy (non-hydrogen) atoms. The zero-order valence-electron chi connectivity index (χ0n) is 16.3. The number of imidazole rings is 1. The number of nitrogens with one attached hydrogen (secondary N) is 1. The van der Waals surface area contributed by atoms with Gasteiger partial charge in [0.05, 0.1) is 12.0 Å². The molecule has 2 aliphatic rings. The summed E-state index contributed by atoms with van der Waals surface area (Å²) >= 11 is 0. The molecule has 4 heterocycles. The Kier molecular flexibility index (Phi) is 5.25. The van der Waals surface area contributed by atoms with E-state index in [1.807, 2.05) is 17.0 Å². The van der Waals surface area contributed by atoms with Crippen LogP contribution in [-0.2, 0) is 11.2 Å². The molecule has 0 aromatic carbocycles. The number of piperidine rings is 1. The quantitative estimate of drug-likeness (QED) is 0.902. The normalized spacial score (nSPS) is 21.4. The Balaban J connectivity index is 1.49. The summed E-state index contributed by atoms with van der Waals surface area (Å²) in [6.45, 7) is 7.45. The van der Waals surface area contributed by atoms with E-state index in [1.165, 1.54) is 0 Å². The second-order valence-electron chi connectivity index (χ2n) is 8.06. The summed E-state index contributed by atoms with van der Waals surface area (Å²) in [4.78, 5) is 29.7. The van der Waals surface area contributed by atoms with Gasteiger partial charge in [0, 0.05) is 43.5 Å². The monoisotopic (exact) mass is 367 g/mol. The van der Waals surface area contributed by atoms with E-state index in [1.54, 1.807) is 18.7 Å². The maximum Gasteiger partial charge on any atom is 0.223 e. The second kappa shape index (κ2) is 7.80. The number of amides is 1. The standard InChI is InChI=1S/C21H29N5O/c1-15(2)25-10-5-16(6-11-25)13-19(27)26-12-7-18-20(24-14-23-18)21(26)17-3-8-22-9-4-17/h3-4,8-9,14-16,21H,5-7,10-13H2,1-2H3,(H,23,24). The third-order valence-corrected chi connectivity index (χ3v) is 6.11. The molecule has 4 rings (SSSR count). The molecule has 1 unspecified atom stereocenters.